The van der Waals surface area contributed by atoms with Gasteiger partial charge in [-0.1, -0.05) is 46.1 Å². The minimum atomic E-state index is 0.483. The van der Waals surface area contributed by atoms with E-state index in [9.17, 15) is 0 Å². The number of hydrogen-bond acceptors (Lipinski definition) is 5. The zero-order valence-electron chi connectivity index (χ0n) is 11.5. The third-order valence-electron chi connectivity index (χ3n) is 3.26. The van der Waals surface area contributed by atoms with Crippen LogP contribution >= 0.6 is 46.1 Å². The van der Waals surface area contributed by atoms with Crippen LogP contribution in [0.15, 0.2) is 24.4 Å². The molecule has 10 heteroatoms. The van der Waals surface area contributed by atoms with Crippen molar-refractivity contribution in [1.82, 2.24) is 29.6 Å². The second kappa shape index (κ2) is 5.45. The topological polar surface area (TPSA) is 60.9 Å². The second-order valence-corrected chi connectivity index (χ2v) is 6.92. The molecule has 0 aliphatic carbocycles. The smallest absolute Gasteiger partial charge is 0.235 e. The molecule has 0 bridgehead atoms. The zero-order chi connectivity index (χ0) is 16.1. The predicted molar refractivity (Wildman–Crippen MR) is 91.3 cm³/mol. The van der Waals surface area contributed by atoms with Crippen LogP contribution in [-0.4, -0.2) is 29.6 Å². The van der Waals surface area contributed by atoms with E-state index in [1.165, 1.54) is 11.3 Å². The van der Waals surface area contributed by atoms with Crippen molar-refractivity contribution in [3.8, 4) is 22.1 Å². The summed E-state index contributed by atoms with van der Waals surface area (Å²) in [6.45, 7) is 0. The molecule has 0 saturated carbocycles. The first-order valence-corrected chi connectivity index (χ1v) is 8.35. The van der Waals surface area contributed by atoms with Crippen molar-refractivity contribution in [2.45, 2.75) is 0 Å². The van der Waals surface area contributed by atoms with Gasteiger partial charge in [-0.2, -0.15) is 14.7 Å². The van der Waals surface area contributed by atoms with Crippen molar-refractivity contribution in [2.75, 3.05) is 0 Å². The molecule has 0 N–H and O–H groups in total. The van der Waals surface area contributed by atoms with Gasteiger partial charge < -0.3 is 0 Å². The maximum atomic E-state index is 6.24. The highest BCUT2D eigenvalue weighted by atomic mass is 35.5. The summed E-state index contributed by atoms with van der Waals surface area (Å²) in [5, 5.41) is 19.3. The standard InChI is InChI=1S/C13H7Cl3N6S/c1-21-10(9(16)5-17-21)11-18-19-13-22(11)20-12(23-13)7-4-6(14)2-3-8(7)15/h2-5H,1H3. The van der Waals surface area contributed by atoms with Crippen LogP contribution in [0, 0.1) is 0 Å². The van der Waals surface area contributed by atoms with Crippen molar-refractivity contribution in [3.05, 3.63) is 39.5 Å². The molecular formula is C13H7Cl3N6S. The van der Waals surface area contributed by atoms with Gasteiger partial charge in [-0.3, -0.25) is 4.68 Å². The number of fused-ring (bicyclic) bond motifs is 1. The van der Waals surface area contributed by atoms with Crippen molar-refractivity contribution in [3.63, 3.8) is 0 Å². The van der Waals surface area contributed by atoms with Gasteiger partial charge in [0.05, 0.1) is 16.2 Å². The number of nitrogens with zero attached hydrogens (tertiary/aromatic N) is 6. The van der Waals surface area contributed by atoms with E-state index in [4.69, 9.17) is 34.8 Å². The summed E-state index contributed by atoms with van der Waals surface area (Å²) in [7, 11) is 1.78. The van der Waals surface area contributed by atoms with Crippen LogP contribution in [0.1, 0.15) is 0 Å². The molecule has 4 aromatic rings. The normalized spacial score (nSPS) is 11.5. The van der Waals surface area contributed by atoms with Crippen molar-refractivity contribution >= 4 is 51.1 Å². The Morgan fingerprint density at radius 3 is 2.65 bits per heavy atom. The molecule has 0 radical (unpaired) electrons. The summed E-state index contributed by atoms with van der Waals surface area (Å²) in [6, 6.07) is 5.24. The summed E-state index contributed by atoms with van der Waals surface area (Å²) < 4.78 is 3.25. The number of benzene rings is 1. The zero-order valence-corrected chi connectivity index (χ0v) is 14.6. The molecule has 0 atom stereocenters. The number of halogens is 3. The van der Waals surface area contributed by atoms with Crippen molar-refractivity contribution in [2.24, 2.45) is 7.05 Å². The maximum absolute atomic E-state index is 6.24. The highest BCUT2D eigenvalue weighted by molar-refractivity contribution is 7.19. The van der Waals surface area contributed by atoms with Gasteiger partial charge in [-0.25, -0.2) is 0 Å². The van der Waals surface area contributed by atoms with Crippen molar-refractivity contribution in [1.29, 1.82) is 0 Å². The minimum Gasteiger partial charge on any atom is -0.263 e. The molecule has 0 aliphatic heterocycles. The average molecular weight is 386 g/mol. The fourth-order valence-corrected chi connectivity index (χ4v) is 3.75. The van der Waals surface area contributed by atoms with E-state index < -0.39 is 0 Å². The van der Waals surface area contributed by atoms with Crippen LogP contribution in [0.4, 0.5) is 0 Å². The maximum Gasteiger partial charge on any atom is 0.235 e. The van der Waals surface area contributed by atoms with Crippen LogP contribution in [-0.2, 0) is 7.05 Å². The van der Waals surface area contributed by atoms with Crippen LogP contribution in [0.25, 0.3) is 27.1 Å². The molecule has 4 rings (SSSR count). The first kappa shape index (κ1) is 14.9. The lowest BCUT2D eigenvalue weighted by Gasteiger charge is -2.00. The molecular weight excluding hydrogens is 379 g/mol. The molecule has 6 nitrogen and oxygen atoms in total. The Bertz CT molecular complexity index is 1010. The minimum absolute atomic E-state index is 0.483. The average Bonchev–Trinajstić information content (AvgIpc) is 3.17. The van der Waals surface area contributed by atoms with Gasteiger partial charge in [0.15, 0.2) is 0 Å². The largest absolute Gasteiger partial charge is 0.263 e. The Morgan fingerprint density at radius 1 is 1.09 bits per heavy atom. The number of aromatic nitrogens is 6. The molecule has 0 unspecified atom stereocenters. The molecule has 23 heavy (non-hydrogen) atoms. The first-order chi connectivity index (χ1) is 11.0. The van der Waals surface area contributed by atoms with E-state index in [-0.39, 0.29) is 0 Å². The molecule has 0 amide bonds. The van der Waals surface area contributed by atoms with E-state index in [1.807, 2.05) is 0 Å². The molecule has 1 aromatic carbocycles. The van der Waals surface area contributed by atoms with E-state index in [0.717, 1.165) is 5.56 Å². The second-order valence-electron chi connectivity index (χ2n) is 4.71. The summed E-state index contributed by atoms with van der Waals surface area (Å²) >= 11 is 19.8. The third-order valence-corrected chi connectivity index (χ3v) is 5.03. The van der Waals surface area contributed by atoms with Gasteiger partial charge in [0.1, 0.15) is 10.7 Å². The van der Waals surface area contributed by atoms with E-state index >= 15 is 0 Å². The van der Waals surface area contributed by atoms with E-state index in [0.29, 0.717) is 36.6 Å². The first-order valence-electron chi connectivity index (χ1n) is 6.40. The SMILES string of the molecule is Cn1ncc(Cl)c1-c1nnc2sc(-c3cc(Cl)ccc3Cl)nn12. The van der Waals surface area contributed by atoms with Crippen LogP contribution in [0.5, 0.6) is 0 Å². The Labute approximate surface area is 149 Å². The fourth-order valence-electron chi connectivity index (χ4n) is 2.20. The Morgan fingerprint density at radius 2 is 1.91 bits per heavy atom. The number of rotatable bonds is 2. The van der Waals surface area contributed by atoms with Crippen molar-refractivity contribution < 1.29 is 0 Å². The predicted octanol–water partition coefficient (Wildman–Crippen LogP) is 4.21. The summed E-state index contributed by atoms with van der Waals surface area (Å²) in [5.74, 6) is 0.519. The summed E-state index contributed by atoms with van der Waals surface area (Å²) in [5.41, 5.74) is 1.39. The third kappa shape index (κ3) is 2.40. The Kier molecular flexibility index (Phi) is 3.53. The molecule has 0 aliphatic rings. The Hall–Kier alpha value is -1.67. The molecule has 0 spiro atoms. The van der Waals surface area contributed by atoms with Crippen LogP contribution < -0.4 is 0 Å². The molecule has 3 heterocycles. The van der Waals surface area contributed by atoms with Gasteiger partial charge in [0.25, 0.3) is 0 Å². The van der Waals surface area contributed by atoms with Gasteiger partial charge >= 0.3 is 0 Å². The quantitative estimate of drug-likeness (QED) is 0.518. The lowest BCUT2D eigenvalue weighted by atomic mass is 10.2. The lowest BCUT2D eigenvalue weighted by Crippen LogP contribution is -1.99. The lowest BCUT2D eigenvalue weighted by molar-refractivity contribution is 0.764. The highest BCUT2D eigenvalue weighted by Crippen LogP contribution is 2.35. The molecule has 116 valence electrons. The highest BCUT2D eigenvalue weighted by Gasteiger charge is 2.20. The molecule has 0 fully saturated rings. The van der Waals surface area contributed by atoms with E-state index in [1.54, 1.807) is 40.6 Å². The van der Waals surface area contributed by atoms with Gasteiger partial charge in [0, 0.05) is 17.6 Å². The Balaban J connectivity index is 1.92. The van der Waals surface area contributed by atoms with Gasteiger partial charge in [0.2, 0.25) is 10.8 Å². The molecule has 0 saturated heterocycles. The van der Waals surface area contributed by atoms with Crippen LogP contribution in [0.2, 0.25) is 15.1 Å². The van der Waals surface area contributed by atoms with Gasteiger partial charge in [-0.05, 0) is 18.2 Å². The number of hydrogen-bond donors (Lipinski definition) is 0. The fraction of sp³-hybridized carbons (Fsp3) is 0.0769. The van der Waals surface area contributed by atoms with Gasteiger partial charge in [-0.15, -0.1) is 10.2 Å². The van der Waals surface area contributed by atoms with E-state index in [2.05, 4.69) is 20.4 Å². The monoisotopic (exact) mass is 384 g/mol. The van der Waals surface area contributed by atoms with Crippen LogP contribution in [0.3, 0.4) is 0 Å². The summed E-state index contributed by atoms with van der Waals surface area (Å²) in [6.07, 6.45) is 1.55. The summed E-state index contributed by atoms with van der Waals surface area (Å²) in [4.78, 5) is 0.628. The number of aryl methyl sites for hydroxylation is 1. The molecule has 3 aromatic heterocycles.